The molecule has 0 unspecified atom stereocenters. The van der Waals surface area contributed by atoms with E-state index in [1.54, 1.807) is 36.4 Å². The SMILES string of the molecule is C[C@H]1Cc2cc(C(O)=C3C(=O)C(=O)N(CCCN(C)C)[C@@H]3c3ccccc3F)ccc2O1. The number of likely N-dealkylation sites (tertiary alicyclic amines) is 1. The Balaban J connectivity index is 1.80. The van der Waals surface area contributed by atoms with Crippen molar-refractivity contribution in [2.24, 2.45) is 0 Å². The summed E-state index contributed by atoms with van der Waals surface area (Å²) in [4.78, 5) is 29.3. The predicted octanol–water partition coefficient (Wildman–Crippen LogP) is 3.52. The first-order valence-electron chi connectivity index (χ1n) is 10.8. The molecule has 2 atom stereocenters. The lowest BCUT2D eigenvalue weighted by Gasteiger charge is -2.26. The van der Waals surface area contributed by atoms with Gasteiger partial charge in [-0.15, -0.1) is 0 Å². The number of ketones is 1. The van der Waals surface area contributed by atoms with Crippen LogP contribution >= 0.6 is 0 Å². The second kappa shape index (κ2) is 8.74. The van der Waals surface area contributed by atoms with E-state index in [1.807, 2.05) is 25.9 Å². The van der Waals surface area contributed by atoms with Crippen LogP contribution in [-0.2, 0) is 16.0 Å². The monoisotopic (exact) mass is 438 g/mol. The van der Waals surface area contributed by atoms with Gasteiger partial charge in [-0.2, -0.15) is 0 Å². The second-order valence-corrected chi connectivity index (χ2v) is 8.63. The van der Waals surface area contributed by atoms with Crippen LogP contribution in [0.25, 0.3) is 5.76 Å². The van der Waals surface area contributed by atoms with Crippen molar-refractivity contribution in [2.75, 3.05) is 27.2 Å². The molecule has 2 aliphatic heterocycles. The van der Waals surface area contributed by atoms with Gasteiger partial charge in [0.25, 0.3) is 11.7 Å². The number of benzene rings is 2. The number of Topliss-reactive ketones (excluding diaryl/α,β-unsaturated/α-hetero) is 1. The van der Waals surface area contributed by atoms with Gasteiger partial charge in [0.1, 0.15) is 23.4 Å². The Labute approximate surface area is 186 Å². The first kappa shape index (κ1) is 22.0. The summed E-state index contributed by atoms with van der Waals surface area (Å²) in [7, 11) is 3.84. The van der Waals surface area contributed by atoms with Crippen LogP contribution in [0.1, 0.15) is 36.1 Å². The molecule has 168 valence electrons. The molecule has 1 amide bonds. The summed E-state index contributed by atoms with van der Waals surface area (Å²) < 4.78 is 20.5. The number of aliphatic hydroxyl groups excluding tert-OH is 1. The van der Waals surface area contributed by atoms with E-state index in [1.165, 1.54) is 11.0 Å². The summed E-state index contributed by atoms with van der Waals surface area (Å²) in [6, 6.07) is 10.3. The molecule has 0 saturated carbocycles. The fraction of sp³-hybridized carbons (Fsp3) is 0.360. The van der Waals surface area contributed by atoms with Crippen molar-refractivity contribution >= 4 is 17.4 Å². The first-order valence-corrected chi connectivity index (χ1v) is 10.8. The Morgan fingerprint density at radius 1 is 1.22 bits per heavy atom. The topological polar surface area (TPSA) is 70.1 Å². The molecule has 0 aromatic heterocycles. The number of hydrogen-bond donors (Lipinski definition) is 1. The Kier molecular flexibility index (Phi) is 6.02. The molecule has 7 heteroatoms. The van der Waals surface area contributed by atoms with Gasteiger partial charge in [-0.3, -0.25) is 9.59 Å². The van der Waals surface area contributed by atoms with Crippen LogP contribution in [0.5, 0.6) is 5.75 Å². The van der Waals surface area contributed by atoms with E-state index in [0.29, 0.717) is 24.9 Å². The number of carbonyl (C=O) groups excluding carboxylic acids is 2. The molecule has 32 heavy (non-hydrogen) atoms. The highest BCUT2D eigenvalue weighted by atomic mass is 19.1. The molecule has 0 aliphatic carbocycles. The van der Waals surface area contributed by atoms with Crippen molar-refractivity contribution in [2.45, 2.75) is 31.9 Å². The maximum absolute atomic E-state index is 14.8. The number of hydrogen-bond acceptors (Lipinski definition) is 5. The van der Waals surface area contributed by atoms with E-state index in [2.05, 4.69) is 0 Å². The molecule has 2 heterocycles. The largest absolute Gasteiger partial charge is 0.507 e. The molecule has 0 bridgehead atoms. The van der Waals surface area contributed by atoms with Gasteiger partial charge in [0.05, 0.1) is 11.6 Å². The fourth-order valence-electron chi connectivity index (χ4n) is 4.41. The quantitative estimate of drug-likeness (QED) is 0.425. The number of fused-ring (bicyclic) bond motifs is 1. The minimum atomic E-state index is -0.984. The first-order chi connectivity index (χ1) is 15.3. The van der Waals surface area contributed by atoms with Gasteiger partial charge in [-0.05, 0) is 63.8 Å². The molecule has 2 aliphatic rings. The van der Waals surface area contributed by atoms with Crippen molar-refractivity contribution in [3.8, 4) is 5.75 Å². The molecule has 1 N–H and O–H groups in total. The Morgan fingerprint density at radius 3 is 2.69 bits per heavy atom. The van der Waals surface area contributed by atoms with Gasteiger partial charge in [0.2, 0.25) is 0 Å². The highest BCUT2D eigenvalue weighted by Crippen LogP contribution is 2.41. The minimum absolute atomic E-state index is 0.0306. The van der Waals surface area contributed by atoms with Crippen LogP contribution in [0.2, 0.25) is 0 Å². The molecule has 4 rings (SSSR count). The van der Waals surface area contributed by atoms with E-state index in [9.17, 15) is 19.1 Å². The van der Waals surface area contributed by atoms with E-state index in [-0.39, 0.29) is 29.5 Å². The summed E-state index contributed by atoms with van der Waals surface area (Å²) in [6.45, 7) is 2.93. The number of rotatable bonds is 6. The fourth-order valence-corrected chi connectivity index (χ4v) is 4.41. The van der Waals surface area contributed by atoms with Crippen molar-refractivity contribution in [1.82, 2.24) is 9.80 Å². The van der Waals surface area contributed by atoms with Crippen LogP contribution in [0.4, 0.5) is 4.39 Å². The summed E-state index contributed by atoms with van der Waals surface area (Å²) in [5.74, 6) is -1.61. The Morgan fingerprint density at radius 2 is 1.97 bits per heavy atom. The van der Waals surface area contributed by atoms with Crippen molar-refractivity contribution in [1.29, 1.82) is 0 Å². The third-order valence-electron chi connectivity index (χ3n) is 5.91. The average Bonchev–Trinajstić information content (AvgIpc) is 3.24. The van der Waals surface area contributed by atoms with Crippen LogP contribution in [0.3, 0.4) is 0 Å². The lowest BCUT2D eigenvalue weighted by molar-refractivity contribution is -0.140. The molecule has 1 saturated heterocycles. The third-order valence-corrected chi connectivity index (χ3v) is 5.91. The molecule has 1 fully saturated rings. The van der Waals surface area contributed by atoms with Crippen molar-refractivity contribution < 1.29 is 23.8 Å². The summed E-state index contributed by atoms with van der Waals surface area (Å²) in [6.07, 6.45) is 1.33. The van der Waals surface area contributed by atoms with E-state index >= 15 is 0 Å². The Hall–Kier alpha value is -3.19. The van der Waals surface area contributed by atoms with Crippen LogP contribution < -0.4 is 4.74 Å². The van der Waals surface area contributed by atoms with Crippen LogP contribution in [0, 0.1) is 5.82 Å². The van der Waals surface area contributed by atoms with E-state index in [0.717, 1.165) is 11.3 Å². The molecule has 2 aromatic carbocycles. The molecular formula is C25H27FN2O4. The standard InChI is InChI=1S/C25H27FN2O4/c1-15-13-17-14-16(9-10-20(17)32-15)23(29)21-22(18-7-4-5-8-19(18)26)28(25(31)24(21)30)12-6-11-27(2)3/h4-5,7-10,14-15,22,29H,6,11-13H2,1-3H3/t15-,22+/m0/s1. The smallest absolute Gasteiger partial charge is 0.295 e. The zero-order valence-corrected chi connectivity index (χ0v) is 18.5. The van der Waals surface area contributed by atoms with Crippen molar-refractivity contribution in [3.05, 3.63) is 70.5 Å². The van der Waals surface area contributed by atoms with Gasteiger partial charge >= 0.3 is 0 Å². The van der Waals surface area contributed by atoms with Gasteiger partial charge in [0, 0.05) is 24.1 Å². The summed E-state index contributed by atoms with van der Waals surface area (Å²) in [5.41, 5.74) is 1.44. The number of ether oxygens (including phenoxy) is 1. The zero-order valence-electron chi connectivity index (χ0n) is 18.5. The van der Waals surface area contributed by atoms with E-state index < -0.39 is 23.5 Å². The zero-order chi connectivity index (χ0) is 23.0. The number of aliphatic hydroxyl groups is 1. The molecule has 6 nitrogen and oxygen atoms in total. The molecule has 2 aromatic rings. The summed E-state index contributed by atoms with van der Waals surface area (Å²) in [5, 5.41) is 11.2. The number of nitrogens with zero attached hydrogens (tertiary/aromatic N) is 2. The third kappa shape index (κ3) is 4.00. The normalized spacial score (nSPS) is 21.8. The number of halogens is 1. The summed E-state index contributed by atoms with van der Waals surface area (Å²) >= 11 is 0. The highest BCUT2D eigenvalue weighted by molar-refractivity contribution is 6.46. The van der Waals surface area contributed by atoms with Gasteiger partial charge < -0.3 is 19.6 Å². The maximum Gasteiger partial charge on any atom is 0.295 e. The molecule has 0 radical (unpaired) electrons. The minimum Gasteiger partial charge on any atom is -0.507 e. The number of carbonyl (C=O) groups is 2. The van der Waals surface area contributed by atoms with Crippen molar-refractivity contribution in [3.63, 3.8) is 0 Å². The van der Waals surface area contributed by atoms with E-state index in [4.69, 9.17) is 4.74 Å². The van der Waals surface area contributed by atoms with Crippen LogP contribution in [-0.4, -0.2) is 59.9 Å². The van der Waals surface area contributed by atoms with Gasteiger partial charge in [0.15, 0.2) is 0 Å². The Bertz CT molecular complexity index is 1100. The average molecular weight is 438 g/mol. The lowest BCUT2D eigenvalue weighted by atomic mass is 9.94. The number of amides is 1. The highest BCUT2D eigenvalue weighted by Gasteiger charge is 2.46. The van der Waals surface area contributed by atoms with Gasteiger partial charge in [-0.1, -0.05) is 18.2 Å². The predicted molar refractivity (Wildman–Crippen MR) is 119 cm³/mol. The van der Waals surface area contributed by atoms with Gasteiger partial charge in [-0.25, -0.2) is 4.39 Å². The second-order valence-electron chi connectivity index (χ2n) is 8.63. The maximum atomic E-state index is 14.8. The van der Waals surface area contributed by atoms with Crippen LogP contribution in [0.15, 0.2) is 48.0 Å². The molecular weight excluding hydrogens is 411 g/mol. The lowest BCUT2D eigenvalue weighted by Crippen LogP contribution is -2.32. The molecule has 0 spiro atoms.